The van der Waals surface area contributed by atoms with Crippen LogP contribution in [0.1, 0.15) is 22.6 Å². The Labute approximate surface area is 166 Å². The topological polar surface area (TPSA) is 149 Å². The average molecular weight is 420 g/mol. The van der Waals surface area contributed by atoms with Crippen LogP contribution in [-0.4, -0.2) is 30.0 Å². The van der Waals surface area contributed by atoms with Crippen LogP contribution in [0, 0.1) is 40.2 Å². The van der Waals surface area contributed by atoms with E-state index < -0.39 is 21.2 Å². The molecule has 0 atom stereocenters. The fourth-order valence-corrected chi connectivity index (χ4v) is 3.72. The molecule has 2 aromatic heterocycles. The number of pyridine rings is 1. The number of nitro benzene ring substituents is 1. The summed E-state index contributed by atoms with van der Waals surface area (Å²) in [5.74, 6) is 0.748. The number of hydrogen-bond donors (Lipinski definition) is 2. The van der Waals surface area contributed by atoms with Gasteiger partial charge in [-0.25, -0.2) is 15.2 Å². The van der Waals surface area contributed by atoms with Crippen LogP contribution >= 0.6 is 23.4 Å². The lowest BCUT2D eigenvalue weighted by Gasteiger charge is -2.09. The molecule has 0 unspecified atom stereocenters. The number of imidazole rings is 1. The number of hydrogen-bond acceptors (Lipinski definition) is 7. The Kier molecular flexibility index (Phi) is 5.17. The largest absolute Gasteiger partial charge is 0.395 e. The number of benzene rings is 1. The molecule has 2 heterocycles. The van der Waals surface area contributed by atoms with Crippen molar-refractivity contribution in [3.05, 3.63) is 54.8 Å². The van der Waals surface area contributed by atoms with E-state index in [1.165, 1.54) is 11.8 Å². The molecule has 0 saturated carbocycles. The van der Waals surface area contributed by atoms with Gasteiger partial charge in [0, 0.05) is 6.07 Å². The van der Waals surface area contributed by atoms with Crippen LogP contribution in [0.5, 0.6) is 0 Å². The van der Waals surface area contributed by atoms with Crippen molar-refractivity contribution in [2.24, 2.45) is 0 Å². The molecular formula is C16H12ClN6O4S+. The van der Waals surface area contributed by atoms with Gasteiger partial charge in [-0.2, -0.15) is 5.26 Å². The van der Waals surface area contributed by atoms with Gasteiger partial charge in [-0.05, 0) is 19.4 Å². The molecule has 10 nitrogen and oxygen atoms in total. The lowest BCUT2D eigenvalue weighted by molar-refractivity contribution is -0.731. The number of rotatable bonds is 5. The first kappa shape index (κ1) is 19.5. The Morgan fingerprint density at radius 2 is 2.04 bits per heavy atom. The highest BCUT2D eigenvalue weighted by Crippen LogP contribution is 2.33. The highest BCUT2D eigenvalue weighted by atomic mass is 35.5. The molecule has 1 aromatic carbocycles. The number of nitrogens with one attached hydrogen (secondary N) is 1. The minimum absolute atomic E-state index is 0.281. The monoisotopic (exact) mass is 419 g/mol. The van der Waals surface area contributed by atoms with E-state index in [9.17, 15) is 20.3 Å². The van der Waals surface area contributed by atoms with Crippen molar-refractivity contribution in [1.29, 1.82) is 5.26 Å². The van der Waals surface area contributed by atoms with Crippen LogP contribution in [0.15, 0.2) is 17.2 Å². The lowest BCUT2D eigenvalue weighted by atomic mass is 10.1. The molecule has 3 aromatic rings. The summed E-state index contributed by atoms with van der Waals surface area (Å²) in [5.41, 5.74) is 1.17. The number of aromatic nitrogens is 3. The van der Waals surface area contributed by atoms with Gasteiger partial charge in [-0.1, -0.05) is 23.4 Å². The average Bonchev–Trinajstić information content (AvgIpc) is 3.05. The summed E-state index contributed by atoms with van der Waals surface area (Å²) in [5, 5.41) is 30.5. The maximum absolute atomic E-state index is 11.2. The van der Waals surface area contributed by atoms with E-state index in [1.54, 1.807) is 13.8 Å². The van der Waals surface area contributed by atoms with Crippen LogP contribution in [0.25, 0.3) is 11.0 Å². The van der Waals surface area contributed by atoms with Crippen molar-refractivity contribution in [2.45, 2.75) is 24.6 Å². The van der Waals surface area contributed by atoms with Crippen molar-refractivity contribution in [3.8, 4) is 6.07 Å². The van der Waals surface area contributed by atoms with E-state index in [0.29, 0.717) is 44.0 Å². The Bertz CT molecular complexity index is 1140. The van der Waals surface area contributed by atoms with Crippen LogP contribution in [0.4, 0.5) is 11.4 Å². The summed E-state index contributed by atoms with van der Waals surface area (Å²) in [6.45, 7) is 3.48. The number of nitriles is 1. The van der Waals surface area contributed by atoms with Gasteiger partial charge in [0.1, 0.15) is 16.9 Å². The number of aromatic amines is 1. The summed E-state index contributed by atoms with van der Waals surface area (Å²) in [6, 6.07) is 4.35. The van der Waals surface area contributed by atoms with Crippen LogP contribution in [0.3, 0.4) is 0 Å². The minimum atomic E-state index is -0.770. The molecule has 0 bridgehead atoms. The maximum atomic E-state index is 11.2. The molecule has 0 spiro atoms. The summed E-state index contributed by atoms with van der Waals surface area (Å²) in [6.07, 6.45) is 0. The summed E-state index contributed by atoms with van der Waals surface area (Å²) < 4.78 is 0. The highest BCUT2D eigenvalue weighted by Gasteiger charge is 2.30. The van der Waals surface area contributed by atoms with Gasteiger partial charge in [-0.15, -0.1) is 0 Å². The van der Waals surface area contributed by atoms with Gasteiger partial charge >= 0.3 is 11.4 Å². The summed E-state index contributed by atoms with van der Waals surface area (Å²) >= 11 is 7.40. The van der Waals surface area contributed by atoms with E-state index >= 15 is 0 Å². The number of thioether (sulfide) groups is 1. The first-order chi connectivity index (χ1) is 13.2. The van der Waals surface area contributed by atoms with E-state index in [-0.39, 0.29) is 5.52 Å². The first-order valence-electron chi connectivity index (χ1n) is 7.75. The fraction of sp³-hybridized carbons (Fsp3) is 0.188. The highest BCUT2D eigenvalue weighted by molar-refractivity contribution is 7.98. The fourth-order valence-electron chi connectivity index (χ4n) is 2.63. The maximum Gasteiger partial charge on any atom is 0.395 e. The molecule has 0 aliphatic carbocycles. The smallest absolute Gasteiger partial charge is 0.341 e. The molecule has 0 fully saturated rings. The second-order valence-electron chi connectivity index (χ2n) is 5.79. The molecule has 2 N–H and O–H groups in total. The molecule has 142 valence electrons. The third-order valence-electron chi connectivity index (χ3n) is 3.99. The Hall–Kier alpha value is -3.23. The van der Waals surface area contributed by atoms with Crippen LogP contribution < -0.4 is 0 Å². The first-order valence-corrected chi connectivity index (χ1v) is 9.12. The predicted octanol–water partition coefficient (Wildman–Crippen LogP) is 4.10. The minimum Gasteiger partial charge on any atom is -0.341 e. The molecule has 0 aliphatic rings. The van der Waals surface area contributed by atoms with E-state index in [1.807, 2.05) is 0 Å². The number of H-pyrrole nitrogens is 1. The molecular weight excluding hydrogens is 408 g/mol. The predicted molar refractivity (Wildman–Crippen MR) is 101 cm³/mol. The Morgan fingerprint density at radius 1 is 1.32 bits per heavy atom. The SMILES string of the molecule is Cc1nc(SCc2nc3cc([N+](=O)O)c([N+](=O)[O-])cc3[nH]2)c(C#N)c(C)c1Cl. The van der Waals surface area contributed by atoms with Crippen molar-refractivity contribution in [2.75, 3.05) is 0 Å². The number of nitrogens with zero attached hydrogens (tertiary/aromatic N) is 5. The Morgan fingerprint density at radius 3 is 2.64 bits per heavy atom. The van der Waals surface area contributed by atoms with Gasteiger partial charge in [0.05, 0.1) is 49.0 Å². The van der Waals surface area contributed by atoms with E-state index in [2.05, 4.69) is 21.0 Å². The van der Waals surface area contributed by atoms with Gasteiger partial charge in [-0.3, -0.25) is 10.1 Å². The third-order valence-corrected chi connectivity index (χ3v) is 5.54. The number of halogens is 1. The number of fused-ring (bicyclic) bond motifs is 1. The van der Waals surface area contributed by atoms with Gasteiger partial charge in [0.2, 0.25) is 0 Å². The number of nitro groups is 1. The second kappa shape index (κ2) is 7.41. The molecule has 0 aliphatic heterocycles. The zero-order valence-corrected chi connectivity index (χ0v) is 16.1. The molecule has 0 saturated heterocycles. The summed E-state index contributed by atoms with van der Waals surface area (Å²) in [7, 11) is 0. The van der Waals surface area contributed by atoms with Crippen LogP contribution in [-0.2, 0) is 5.75 Å². The van der Waals surface area contributed by atoms with Crippen molar-refractivity contribution >= 4 is 45.8 Å². The zero-order chi connectivity index (χ0) is 20.6. The Balaban J connectivity index is 1.96. The quantitative estimate of drug-likeness (QED) is 0.356. The van der Waals surface area contributed by atoms with E-state index in [0.717, 1.165) is 12.1 Å². The lowest BCUT2D eigenvalue weighted by Crippen LogP contribution is -1.98. The van der Waals surface area contributed by atoms with Gasteiger partial charge in [0.15, 0.2) is 0 Å². The van der Waals surface area contributed by atoms with E-state index in [4.69, 9.17) is 16.8 Å². The molecule has 0 amide bonds. The molecule has 0 radical (unpaired) electrons. The van der Waals surface area contributed by atoms with Crippen molar-refractivity contribution in [1.82, 2.24) is 15.0 Å². The third kappa shape index (κ3) is 3.47. The van der Waals surface area contributed by atoms with Crippen LogP contribution in [0.2, 0.25) is 5.02 Å². The van der Waals surface area contributed by atoms with Crippen molar-refractivity contribution < 1.29 is 15.1 Å². The molecule has 12 heteroatoms. The standard InChI is InChI=1S/C16H12ClN6O4S/c1-7-9(5-18)16(19-8(2)15(7)17)28-6-14-20-10-3-12(22(24)25)13(23(26)27)4-11(10)21-14/h3-4H,6H2,1-2H3,(H,20,21)(H,24,25)/q+1. The molecule has 3 rings (SSSR count). The van der Waals surface area contributed by atoms with Gasteiger partial charge < -0.3 is 4.98 Å². The number of aryl methyl sites for hydroxylation is 1. The molecule has 28 heavy (non-hydrogen) atoms. The zero-order valence-electron chi connectivity index (χ0n) is 14.6. The normalized spacial score (nSPS) is 10.8. The second-order valence-corrected chi connectivity index (χ2v) is 7.13. The van der Waals surface area contributed by atoms with Crippen molar-refractivity contribution in [3.63, 3.8) is 0 Å². The van der Waals surface area contributed by atoms with Gasteiger partial charge in [0.25, 0.3) is 4.92 Å². The summed E-state index contributed by atoms with van der Waals surface area (Å²) in [4.78, 5) is 32.5.